The molecule has 1 aliphatic rings. The van der Waals surface area contributed by atoms with Crippen molar-refractivity contribution in [1.82, 2.24) is 15.5 Å². The van der Waals surface area contributed by atoms with Crippen molar-refractivity contribution in [2.75, 3.05) is 6.54 Å². The number of hydrogen-bond donors (Lipinski definition) is 3. The van der Waals surface area contributed by atoms with E-state index in [1.165, 1.54) is 0 Å². The smallest absolute Gasteiger partial charge is 0.326 e. The lowest BCUT2D eigenvalue weighted by atomic mass is 9.93. The molecule has 1 rings (SSSR count). The van der Waals surface area contributed by atoms with Crippen molar-refractivity contribution in [3.63, 3.8) is 0 Å². The van der Waals surface area contributed by atoms with Gasteiger partial charge in [-0.25, -0.2) is 9.59 Å². The molecule has 0 bridgehead atoms. The van der Waals surface area contributed by atoms with Gasteiger partial charge in [-0.1, -0.05) is 34.1 Å². The number of nitrogens with zero attached hydrogens (tertiary/aromatic N) is 1. The first kappa shape index (κ1) is 18.9. The second kappa shape index (κ2) is 7.43. The lowest BCUT2D eigenvalue weighted by Crippen LogP contribution is -2.50. The average molecular weight is 327 g/mol. The van der Waals surface area contributed by atoms with E-state index in [4.69, 9.17) is 0 Å². The van der Waals surface area contributed by atoms with Crippen molar-refractivity contribution in [3.05, 3.63) is 0 Å². The largest absolute Gasteiger partial charge is 0.480 e. The number of amides is 4. The van der Waals surface area contributed by atoms with Gasteiger partial charge < -0.3 is 15.7 Å². The molecule has 1 aliphatic heterocycles. The zero-order valence-corrected chi connectivity index (χ0v) is 14.0. The zero-order chi connectivity index (χ0) is 17.8. The summed E-state index contributed by atoms with van der Waals surface area (Å²) in [5, 5.41) is 14.2. The van der Waals surface area contributed by atoms with Crippen molar-refractivity contribution < 1.29 is 24.3 Å². The second-order valence-electron chi connectivity index (χ2n) is 5.88. The van der Waals surface area contributed by atoms with E-state index in [0.29, 0.717) is 19.3 Å². The number of carboxylic acids is 1. The van der Waals surface area contributed by atoms with E-state index in [-0.39, 0.29) is 5.92 Å². The standard InChI is InChI=1S/C15H25N3O5/c1-5-9(4)11(12(20)21)16-10(19)8-18-13(22)15(6-2,7-3)17-14(18)23/h9,11H,5-8H2,1-4H3,(H,16,19)(H,17,23)(H,20,21)/t9-,11-/m0/s1. The summed E-state index contributed by atoms with van der Waals surface area (Å²) in [6, 6.07) is -1.67. The maximum Gasteiger partial charge on any atom is 0.326 e. The Morgan fingerprint density at radius 3 is 2.22 bits per heavy atom. The third-order valence-electron chi connectivity index (χ3n) is 4.55. The molecule has 0 aromatic carbocycles. The van der Waals surface area contributed by atoms with Crippen molar-refractivity contribution in [2.24, 2.45) is 5.92 Å². The summed E-state index contributed by atoms with van der Waals surface area (Å²) < 4.78 is 0. The predicted octanol–water partition coefficient (Wildman–Crippen LogP) is 0.713. The number of carboxylic acid groups (broad SMARTS) is 1. The molecule has 8 nitrogen and oxygen atoms in total. The zero-order valence-electron chi connectivity index (χ0n) is 14.0. The molecule has 23 heavy (non-hydrogen) atoms. The Labute approximate surface area is 135 Å². The maximum atomic E-state index is 12.4. The van der Waals surface area contributed by atoms with E-state index in [0.717, 1.165) is 4.90 Å². The molecule has 0 saturated carbocycles. The van der Waals surface area contributed by atoms with E-state index in [1.807, 2.05) is 6.92 Å². The molecule has 1 heterocycles. The van der Waals surface area contributed by atoms with Crippen LogP contribution in [0.15, 0.2) is 0 Å². The van der Waals surface area contributed by atoms with Gasteiger partial charge in [-0.3, -0.25) is 14.5 Å². The van der Waals surface area contributed by atoms with Crippen molar-refractivity contribution >= 4 is 23.8 Å². The van der Waals surface area contributed by atoms with Crippen LogP contribution in [-0.4, -0.2) is 51.9 Å². The average Bonchev–Trinajstić information content (AvgIpc) is 2.76. The van der Waals surface area contributed by atoms with Crippen LogP contribution in [0.3, 0.4) is 0 Å². The van der Waals surface area contributed by atoms with Gasteiger partial charge in [0.2, 0.25) is 5.91 Å². The second-order valence-corrected chi connectivity index (χ2v) is 5.88. The van der Waals surface area contributed by atoms with Crippen molar-refractivity contribution in [1.29, 1.82) is 0 Å². The Balaban J connectivity index is 2.79. The van der Waals surface area contributed by atoms with Gasteiger partial charge in [-0.05, 0) is 18.8 Å². The fraction of sp³-hybridized carbons (Fsp3) is 0.733. The van der Waals surface area contributed by atoms with Crippen LogP contribution in [0, 0.1) is 5.92 Å². The quantitative estimate of drug-likeness (QED) is 0.568. The fourth-order valence-corrected chi connectivity index (χ4v) is 2.59. The minimum absolute atomic E-state index is 0.259. The van der Waals surface area contributed by atoms with Gasteiger partial charge in [-0.2, -0.15) is 0 Å². The number of hydrogen-bond acceptors (Lipinski definition) is 4. The number of carbonyl (C=O) groups is 4. The molecule has 1 saturated heterocycles. The Morgan fingerprint density at radius 1 is 1.26 bits per heavy atom. The number of carbonyl (C=O) groups excluding carboxylic acids is 3. The normalized spacial score (nSPS) is 19.2. The lowest BCUT2D eigenvalue weighted by Gasteiger charge is -2.24. The number of imide groups is 1. The minimum atomic E-state index is -1.14. The van der Waals surface area contributed by atoms with Crippen LogP contribution in [0.4, 0.5) is 4.79 Å². The van der Waals surface area contributed by atoms with Crippen LogP contribution in [0.25, 0.3) is 0 Å². The molecule has 8 heteroatoms. The maximum absolute atomic E-state index is 12.4. The van der Waals surface area contributed by atoms with Crippen LogP contribution in [0.2, 0.25) is 0 Å². The van der Waals surface area contributed by atoms with Gasteiger partial charge in [0.05, 0.1) is 0 Å². The monoisotopic (exact) mass is 327 g/mol. The SMILES string of the molecule is CC[C@H](C)[C@H](NC(=O)CN1C(=O)NC(CC)(CC)C1=O)C(=O)O. The molecule has 4 amide bonds. The molecule has 2 atom stereocenters. The summed E-state index contributed by atoms with van der Waals surface area (Å²) in [7, 11) is 0. The van der Waals surface area contributed by atoms with E-state index in [9.17, 15) is 24.3 Å². The number of urea groups is 1. The van der Waals surface area contributed by atoms with E-state index in [2.05, 4.69) is 10.6 Å². The Kier molecular flexibility index (Phi) is 6.12. The Hall–Kier alpha value is -2.12. The summed E-state index contributed by atoms with van der Waals surface area (Å²) in [6.45, 7) is 6.63. The summed E-state index contributed by atoms with van der Waals surface area (Å²) in [4.78, 5) is 48.5. The summed E-state index contributed by atoms with van der Waals surface area (Å²) in [6.07, 6.45) is 1.43. The molecule has 0 aromatic heterocycles. The van der Waals surface area contributed by atoms with Gasteiger partial charge in [0.1, 0.15) is 18.1 Å². The molecule has 0 radical (unpaired) electrons. The van der Waals surface area contributed by atoms with Crippen LogP contribution in [-0.2, 0) is 14.4 Å². The first-order valence-corrected chi connectivity index (χ1v) is 7.88. The van der Waals surface area contributed by atoms with Crippen molar-refractivity contribution in [2.45, 2.75) is 58.5 Å². The number of nitrogens with one attached hydrogen (secondary N) is 2. The number of aliphatic carboxylic acids is 1. The van der Waals surface area contributed by atoms with E-state index in [1.54, 1.807) is 20.8 Å². The molecular weight excluding hydrogens is 302 g/mol. The molecule has 0 spiro atoms. The minimum Gasteiger partial charge on any atom is -0.480 e. The summed E-state index contributed by atoms with van der Waals surface area (Å²) >= 11 is 0. The molecular formula is C15H25N3O5. The Bertz CT molecular complexity index is 501. The summed E-state index contributed by atoms with van der Waals surface area (Å²) in [5.41, 5.74) is -0.972. The van der Waals surface area contributed by atoms with E-state index < -0.39 is 41.9 Å². The highest BCUT2D eigenvalue weighted by atomic mass is 16.4. The number of rotatable bonds is 8. The van der Waals surface area contributed by atoms with Gasteiger partial charge in [0.25, 0.3) is 5.91 Å². The van der Waals surface area contributed by atoms with E-state index >= 15 is 0 Å². The van der Waals surface area contributed by atoms with Crippen molar-refractivity contribution in [3.8, 4) is 0 Å². The third kappa shape index (κ3) is 3.80. The van der Waals surface area contributed by atoms with Crippen LogP contribution in [0.5, 0.6) is 0 Å². The molecule has 3 N–H and O–H groups in total. The van der Waals surface area contributed by atoms with Gasteiger partial charge in [0.15, 0.2) is 0 Å². The van der Waals surface area contributed by atoms with Crippen LogP contribution in [0.1, 0.15) is 47.0 Å². The highest BCUT2D eigenvalue weighted by molar-refractivity contribution is 6.09. The first-order chi connectivity index (χ1) is 10.7. The van der Waals surface area contributed by atoms with Crippen LogP contribution >= 0.6 is 0 Å². The van der Waals surface area contributed by atoms with Gasteiger partial charge >= 0.3 is 12.0 Å². The topological polar surface area (TPSA) is 116 Å². The molecule has 130 valence electrons. The first-order valence-electron chi connectivity index (χ1n) is 7.88. The van der Waals surface area contributed by atoms with Gasteiger partial charge in [-0.15, -0.1) is 0 Å². The Morgan fingerprint density at radius 2 is 1.83 bits per heavy atom. The molecule has 0 aliphatic carbocycles. The molecule has 0 aromatic rings. The highest BCUT2D eigenvalue weighted by Gasteiger charge is 2.49. The third-order valence-corrected chi connectivity index (χ3v) is 4.55. The summed E-state index contributed by atoms with van der Waals surface area (Å²) in [5.74, 6) is -2.51. The predicted molar refractivity (Wildman–Crippen MR) is 82.6 cm³/mol. The lowest BCUT2D eigenvalue weighted by molar-refractivity contribution is -0.143. The van der Waals surface area contributed by atoms with Crippen LogP contribution < -0.4 is 10.6 Å². The fourth-order valence-electron chi connectivity index (χ4n) is 2.59. The molecule has 1 fully saturated rings. The highest BCUT2D eigenvalue weighted by Crippen LogP contribution is 2.24. The van der Waals surface area contributed by atoms with Gasteiger partial charge in [0, 0.05) is 0 Å². The molecule has 0 unspecified atom stereocenters.